The lowest BCUT2D eigenvalue weighted by Crippen LogP contribution is -2.28. The van der Waals surface area contributed by atoms with Crippen LogP contribution in [-0.2, 0) is 0 Å². The first-order valence-electron chi connectivity index (χ1n) is 9.38. The molecule has 1 aliphatic rings. The van der Waals surface area contributed by atoms with Crippen molar-refractivity contribution in [2.75, 3.05) is 18.4 Å². The fraction of sp³-hybridized carbons (Fsp3) is 0.286. The maximum absolute atomic E-state index is 12.7. The van der Waals surface area contributed by atoms with Crippen molar-refractivity contribution in [1.29, 1.82) is 0 Å². The molecule has 3 aromatic rings. The molecule has 0 bridgehead atoms. The molecule has 28 heavy (non-hydrogen) atoms. The first kappa shape index (κ1) is 18.2. The van der Waals surface area contributed by atoms with Crippen LogP contribution in [0.2, 0.25) is 0 Å². The average molecular weight is 378 g/mol. The average Bonchev–Trinajstić information content (AvgIpc) is 3.23. The van der Waals surface area contributed by atoms with Gasteiger partial charge in [0, 0.05) is 29.6 Å². The Labute approximate surface area is 162 Å². The maximum Gasteiger partial charge on any atom is 0.349 e. The summed E-state index contributed by atoms with van der Waals surface area (Å²) in [7, 11) is 0. The summed E-state index contributed by atoms with van der Waals surface area (Å²) < 4.78 is 5.50. The molecule has 0 spiro atoms. The minimum Gasteiger partial charge on any atom is -0.427 e. The largest absolute Gasteiger partial charge is 0.427 e. The number of hydrogen-bond acceptors (Lipinski definition) is 5. The van der Waals surface area contributed by atoms with Crippen molar-refractivity contribution in [2.45, 2.75) is 25.7 Å². The Morgan fingerprint density at radius 1 is 1.21 bits per heavy atom. The molecule has 1 saturated heterocycles. The predicted octanol–water partition coefficient (Wildman–Crippen LogP) is 3.06. The SMILES string of the molecule is Cc1cc(C2CCNCC2)oc(=O)c1C(=O)Nc1ccc(-c2ncc[nH]2)cc1. The molecule has 7 heteroatoms. The number of nitrogens with one attached hydrogen (secondary N) is 3. The van der Waals surface area contributed by atoms with Gasteiger partial charge in [-0.05, 0) is 68.8 Å². The quantitative estimate of drug-likeness (QED) is 0.648. The third-order valence-corrected chi connectivity index (χ3v) is 5.05. The molecule has 0 radical (unpaired) electrons. The van der Waals surface area contributed by atoms with Crippen LogP contribution in [0.3, 0.4) is 0 Å². The molecule has 4 rings (SSSR count). The molecule has 1 amide bonds. The van der Waals surface area contributed by atoms with Crippen LogP contribution in [-0.4, -0.2) is 29.0 Å². The van der Waals surface area contributed by atoms with Crippen molar-refractivity contribution < 1.29 is 9.21 Å². The van der Waals surface area contributed by atoms with Crippen molar-refractivity contribution in [3.8, 4) is 11.4 Å². The van der Waals surface area contributed by atoms with Crippen molar-refractivity contribution in [3.63, 3.8) is 0 Å². The van der Waals surface area contributed by atoms with Crippen molar-refractivity contribution in [2.24, 2.45) is 0 Å². The van der Waals surface area contributed by atoms with Crippen LogP contribution in [0.15, 0.2) is 51.9 Å². The number of carbonyl (C=O) groups is 1. The van der Waals surface area contributed by atoms with Crippen LogP contribution < -0.4 is 16.3 Å². The fourth-order valence-electron chi connectivity index (χ4n) is 3.54. The Hall–Kier alpha value is -3.19. The molecule has 3 N–H and O–H groups in total. The summed E-state index contributed by atoms with van der Waals surface area (Å²) in [5, 5.41) is 6.07. The van der Waals surface area contributed by atoms with Gasteiger partial charge in [-0.15, -0.1) is 0 Å². The van der Waals surface area contributed by atoms with Crippen LogP contribution in [0.4, 0.5) is 5.69 Å². The fourth-order valence-corrected chi connectivity index (χ4v) is 3.54. The number of carbonyl (C=O) groups excluding carboxylic acids is 1. The van der Waals surface area contributed by atoms with E-state index >= 15 is 0 Å². The summed E-state index contributed by atoms with van der Waals surface area (Å²) in [4.78, 5) is 32.4. The lowest BCUT2D eigenvalue weighted by atomic mass is 9.94. The van der Waals surface area contributed by atoms with Gasteiger partial charge >= 0.3 is 5.63 Å². The Balaban J connectivity index is 1.52. The molecule has 1 aromatic carbocycles. The Morgan fingerprint density at radius 3 is 2.61 bits per heavy atom. The zero-order valence-electron chi connectivity index (χ0n) is 15.6. The first-order chi connectivity index (χ1) is 13.6. The van der Waals surface area contributed by atoms with E-state index in [-0.39, 0.29) is 11.5 Å². The lowest BCUT2D eigenvalue weighted by Gasteiger charge is -2.21. The molecule has 1 aliphatic heterocycles. The monoisotopic (exact) mass is 378 g/mol. The smallest absolute Gasteiger partial charge is 0.349 e. The number of piperidine rings is 1. The molecule has 0 atom stereocenters. The highest BCUT2D eigenvalue weighted by molar-refractivity contribution is 6.05. The standard InChI is InChI=1S/C21H22N4O3/c1-13-12-17(14-6-8-22-9-7-14)28-21(27)18(13)20(26)25-16-4-2-15(3-5-16)19-23-10-11-24-19/h2-5,10-12,14,22H,6-9H2,1H3,(H,23,24)(H,25,26). The lowest BCUT2D eigenvalue weighted by molar-refractivity contribution is 0.102. The third-order valence-electron chi connectivity index (χ3n) is 5.05. The summed E-state index contributed by atoms with van der Waals surface area (Å²) in [6.45, 7) is 3.59. The zero-order chi connectivity index (χ0) is 19.5. The second-order valence-corrected chi connectivity index (χ2v) is 6.99. The minimum atomic E-state index is -0.585. The summed E-state index contributed by atoms with van der Waals surface area (Å²) >= 11 is 0. The van der Waals surface area contributed by atoms with Gasteiger partial charge in [0.15, 0.2) is 0 Å². The van der Waals surface area contributed by atoms with E-state index in [1.54, 1.807) is 31.5 Å². The predicted molar refractivity (Wildman–Crippen MR) is 107 cm³/mol. The Bertz CT molecular complexity index is 1020. The first-order valence-corrected chi connectivity index (χ1v) is 9.38. The number of aromatic nitrogens is 2. The minimum absolute atomic E-state index is 0.0489. The number of amides is 1. The molecule has 0 aliphatic carbocycles. The van der Waals surface area contributed by atoms with E-state index in [1.807, 2.05) is 18.2 Å². The summed E-state index contributed by atoms with van der Waals surface area (Å²) in [6.07, 6.45) is 5.28. The number of aryl methyl sites for hydroxylation is 1. The Kier molecular flexibility index (Phi) is 5.08. The van der Waals surface area contributed by atoms with E-state index in [0.29, 0.717) is 17.0 Å². The highest BCUT2D eigenvalue weighted by atomic mass is 16.4. The molecule has 1 fully saturated rings. The van der Waals surface area contributed by atoms with Gasteiger partial charge in [0.1, 0.15) is 17.1 Å². The molecular formula is C21H22N4O3. The van der Waals surface area contributed by atoms with Gasteiger partial charge in [0.25, 0.3) is 5.91 Å². The number of nitrogens with zero attached hydrogens (tertiary/aromatic N) is 1. The molecule has 2 aromatic heterocycles. The summed E-state index contributed by atoms with van der Waals surface area (Å²) in [6, 6.07) is 9.08. The van der Waals surface area contributed by atoms with E-state index in [4.69, 9.17) is 4.42 Å². The number of rotatable bonds is 4. The number of anilines is 1. The third kappa shape index (κ3) is 3.75. The van der Waals surface area contributed by atoms with Crippen LogP contribution >= 0.6 is 0 Å². The van der Waals surface area contributed by atoms with E-state index in [0.717, 1.165) is 37.3 Å². The molecule has 0 saturated carbocycles. The van der Waals surface area contributed by atoms with Crippen molar-refractivity contribution in [3.05, 3.63) is 70.0 Å². The normalized spacial score (nSPS) is 14.8. The maximum atomic E-state index is 12.7. The van der Waals surface area contributed by atoms with Crippen LogP contribution in [0.25, 0.3) is 11.4 Å². The van der Waals surface area contributed by atoms with Crippen LogP contribution in [0.5, 0.6) is 0 Å². The number of H-pyrrole nitrogens is 1. The number of imidazole rings is 1. The summed E-state index contributed by atoms with van der Waals surface area (Å²) in [5.41, 5.74) is 1.60. The second kappa shape index (κ2) is 7.82. The van der Waals surface area contributed by atoms with Crippen molar-refractivity contribution >= 4 is 11.6 Å². The van der Waals surface area contributed by atoms with Gasteiger partial charge in [-0.1, -0.05) is 0 Å². The topological polar surface area (TPSA) is 100 Å². The van der Waals surface area contributed by atoms with Gasteiger partial charge in [-0.3, -0.25) is 4.79 Å². The van der Waals surface area contributed by atoms with E-state index in [1.165, 1.54) is 0 Å². The van der Waals surface area contributed by atoms with Crippen molar-refractivity contribution in [1.82, 2.24) is 15.3 Å². The van der Waals surface area contributed by atoms with E-state index in [2.05, 4.69) is 20.6 Å². The highest BCUT2D eigenvalue weighted by Crippen LogP contribution is 2.25. The van der Waals surface area contributed by atoms with Crippen LogP contribution in [0, 0.1) is 6.92 Å². The molecule has 3 heterocycles. The second-order valence-electron chi connectivity index (χ2n) is 6.99. The number of benzene rings is 1. The number of hydrogen-bond donors (Lipinski definition) is 3. The van der Waals surface area contributed by atoms with Crippen LogP contribution in [0.1, 0.15) is 40.4 Å². The van der Waals surface area contributed by atoms with Gasteiger partial charge in [0.05, 0.1) is 0 Å². The van der Waals surface area contributed by atoms with Gasteiger partial charge in [0.2, 0.25) is 0 Å². The Morgan fingerprint density at radius 2 is 1.96 bits per heavy atom. The van der Waals surface area contributed by atoms with E-state index in [9.17, 15) is 9.59 Å². The highest BCUT2D eigenvalue weighted by Gasteiger charge is 2.22. The number of aromatic amines is 1. The van der Waals surface area contributed by atoms with E-state index < -0.39 is 11.5 Å². The van der Waals surface area contributed by atoms with Gasteiger partial charge < -0.3 is 20.0 Å². The molecular weight excluding hydrogens is 356 g/mol. The molecule has 7 nitrogen and oxygen atoms in total. The zero-order valence-corrected chi connectivity index (χ0v) is 15.6. The van der Waals surface area contributed by atoms with Gasteiger partial charge in [-0.2, -0.15) is 0 Å². The molecule has 144 valence electrons. The summed E-state index contributed by atoms with van der Waals surface area (Å²) in [5.74, 6) is 1.18. The molecule has 0 unspecified atom stereocenters. The van der Waals surface area contributed by atoms with Gasteiger partial charge in [-0.25, -0.2) is 9.78 Å².